The first kappa shape index (κ1) is 18.1. The highest BCUT2D eigenvalue weighted by Gasteiger charge is 2.24. The molecule has 29 heavy (non-hydrogen) atoms. The minimum absolute atomic E-state index is 0.00431. The summed E-state index contributed by atoms with van der Waals surface area (Å²) < 4.78 is 28.4. The van der Waals surface area contributed by atoms with Crippen LogP contribution in [0.2, 0.25) is 0 Å². The van der Waals surface area contributed by atoms with Crippen molar-refractivity contribution in [3.8, 4) is 21.8 Å². The average Bonchev–Trinajstić information content (AvgIpc) is 3.31. The number of benzene rings is 2. The molecule has 5 rings (SSSR count). The molecule has 0 radical (unpaired) electrons. The monoisotopic (exact) mass is 407 g/mol. The molecule has 1 N–H and O–H groups in total. The maximum atomic E-state index is 14.2. The Hall–Kier alpha value is -2.99. The summed E-state index contributed by atoms with van der Waals surface area (Å²) in [6.45, 7) is 3.57. The second-order valence-corrected chi connectivity index (χ2v) is 8.42. The molecule has 2 aromatic heterocycles. The van der Waals surface area contributed by atoms with Crippen molar-refractivity contribution < 1.29 is 8.78 Å². The molecular weight excluding hydrogens is 388 g/mol. The molecule has 0 saturated heterocycles. The van der Waals surface area contributed by atoms with Crippen molar-refractivity contribution in [1.29, 1.82) is 0 Å². The summed E-state index contributed by atoms with van der Waals surface area (Å²) in [5.41, 5.74) is 3.71. The lowest BCUT2D eigenvalue weighted by Gasteiger charge is -2.27. The summed E-state index contributed by atoms with van der Waals surface area (Å²) in [5.74, 6) is -0.120. The molecule has 3 heterocycles. The summed E-state index contributed by atoms with van der Waals surface area (Å²) in [7, 11) is 0. The molecule has 6 heteroatoms. The van der Waals surface area contributed by atoms with Crippen molar-refractivity contribution in [3.63, 3.8) is 0 Å². The van der Waals surface area contributed by atoms with Gasteiger partial charge in [-0.05, 0) is 30.7 Å². The Morgan fingerprint density at radius 3 is 2.55 bits per heavy atom. The lowest BCUT2D eigenvalue weighted by molar-refractivity contribution is 0.589. The zero-order valence-electron chi connectivity index (χ0n) is 15.9. The van der Waals surface area contributed by atoms with E-state index in [-0.39, 0.29) is 5.56 Å². The van der Waals surface area contributed by atoms with Gasteiger partial charge in [0.25, 0.3) is 0 Å². The van der Waals surface area contributed by atoms with Gasteiger partial charge in [0.05, 0.1) is 11.3 Å². The summed E-state index contributed by atoms with van der Waals surface area (Å²) >= 11 is 1.69. The maximum absolute atomic E-state index is 14.2. The third-order valence-electron chi connectivity index (χ3n) is 5.31. The highest BCUT2D eigenvalue weighted by Crippen LogP contribution is 2.36. The number of rotatable bonds is 3. The van der Waals surface area contributed by atoms with E-state index in [9.17, 15) is 8.78 Å². The van der Waals surface area contributed by atoms with Crippen LogP contribution in [0.4, 0.5) is 14.6 Å². The molecule has 1 aliphatic rings. The fourth-order valence-corrected chi connectivity index (χ4v) is 4.83. The van der Waals surface area contributed by atoms with Crippen LogP contribution in [-0.2, 0) is 13.0 Å². The number of anilines is 1. The number of H-pyrrole nitrogens is 1. The lowest BCUT2D eigenvalue weighted by Crippen LogP contribution is -2.30. The zero-order chi connectivity index (χ0) is 20.0. The van der Waals surface area contributed by atoms with E-state index in [4.69, 9.17) is 4.98 Å². The van der Waals surface area contributed by atoms with Gasteiger partial charge in [0, 0.05) is 35.6 Å². The summed E-state index contributed by atoms with van der Waals surface area (Å²) in [4.78, 5) is 11.5. The number of nitrogens with zero attached hydrogens (tertiary/aromatic N) is 2. The number of aromatic amines is 1. The standard InChI is InChI=1S/C23H19F2N3S/c1-14-22(27-23(29-14)15-6-3-2-4-7-15)28-11-10-19-16(13-28)12-20(26-19)21-17(24)8-5-9-18(21)25/h2-9,12,26H,10-11,13H2,1H3. The molecule has 1 aliphatic heterocycles. The van der Waals surface area contributed by atoms with Gasteiger partial charge in [0.1, 0.15) is 22.5 Å². The van der Waals surface area contributed by atoms with Gasteiger partial charge in [-0.1, -0.05) is 36.4 Å². The van der Waals surface area contributed by atoms with E-state index in [0.717, 1.165) is 40.6 Å². The number of hydrogen-bond acceptors (Lipinski definition) is 3. The lowest BCUT2D eigenvalue weighted by atomic mass is 10.1. The molecule has 0 fully saturated rings. The molecule has 2 aromatic carbocycles. The first-order valence-electron chi connectivity index (χ1n) is 9.53. The van der Waals surface area contributed by atoms with Crippen molar-refractivity contribution in [1.82, 2.24) is 9.97 Å². The van der Waals surface area contributed by atoms with Crippen LogP contribution >= 0.6 is 11.3 Å². The van der Waals surface area contributed by atoms with E-state index < -0.39 is 11.6 Å². The molecule has 3 nitrogen and oxygen atoms in total. The van der Waals surface area contributed by atoms with E-state index in [0.29, 0.717) is 12.2 Å². The Balaban J connectivity index is 1.45. The van der Waals surface area contributed by atoms with E-state index in [1.54, 1.807) is 11.3 Å². The van der Waals surface area contributed by atoms with Crippen LogP contribution in [0.15, 0.2) is 54.6 Å². The maximum Gasteiger partial charge on any atom is 0.143 e. The predicted molar refractivity (Wildman–Crippen MR) is 113 cm³/mol. The van der Waals surface area contributed by atoms with Crippen LogP contribution < -0.4 is 4.90 Å². The Labute approximate surface area is 171 Å². The first-order chi connectivity index (χ1) is 14.1. The van der Waals surface area contributed by atoms with Crippen LogP contribution in [0.25, 0.3) is 21.8 Å². The van der Waals surface area contributed by atoms with E-state index in [1.807, 2.05) is 24.3 Å². The highest BCUT2D eigenvalue weighted by atomic mass is 32.1. The summed E-state index contributed by atoms with van der Waals surface area (Å²) in [6, 6.07) is 16.0. The molecule has 0 bridgehead atoms. The number of nitrogens with one attached hydrogen (secondary N) is 1. The second kappa shape index (κ2) is 7.12. The van der Waals surface area contributed by atoms with Gasteiger partial charge in [0.15, 0.2) is 0 Å². The van der Waals surface area contributed by atoms with Gasteiger partial charge in [-0.15, -0.1) is 11.3 Å². The summed E-state index contributed by atoms with van der Waals surface area (Å²) in [5, 5.41) is 1.01. The number of aryl methyl sites for hydroxylation is 1. The fraction of sp³-hybridized carbons (Fsp3) is 0.174. The number of hydrogen-bond donors (Lipinski definition) is 1. The largest absolute Gasteiger partial charge is 0.358 e. The minimum atomic E-state index is -0.552. The summed E-state index contributed by atoms with van der Waals surface area (Å²) in [6.07, 6.45) is 0.781. The molecular formula is C23H19F2N3S. The number of fused-ring (bicyclic) bond motifs is 1. The fourth-order valence-electron chi connectivity index (χ4n) is 3.89. The molecule has 0 atom stereocenters. The Kier molecular flexibility index (Phi) is 4.43. The van der Waals surface area contributed by atoms with E-state index in [2.05, 4.69) is 28.9 Å². The number of thiazole rings is 1. The smallest absolute Gasteiger partial charge is 0.143 e. The van der Waals surface area contributed by atoms with Gasteiger partial charge >= 0.3 is 0 Å². The van der Waals surface area contributed by atoms with Crippen LogP contribution in [0.3, 0.4) is 0 Å². The molecule has 0 amide bonds. The van der Waals surface area contributed by atoms with Crippen molar-refractivity contribution in [2.45, 2.75) is 19.9 Å². The van der Waals surface area contributed by atoms with Crippen molar-refractivity contribution in [3.05, 3.63) is 82.4 Å². The molecule has 4 aromatic rings. The van der Waals surface area contributed by atoms with Crippen molar-refractivity contribution in [2.75, 3.05) is 11.4 Å². The Morgan fingerprint density at radius 1 is 1.03 bits per heavy atom. The van der Waals surface area contributed by atoms with Crippen molar-refractivity contribution in [2.24, 2.45) is 0 Å². The zero-order valence-corrected chi connectivity index (χ0v) is 16.7. The topological polar surface area (TPSA) is 31.9 Å². The Morgan fingerprint density at radius 2 is 1.79 bits per heavy atom. The first-order valence-corrected chi connectivity index (χ1v) is 10.3. The van der Waals surface area contributed by atoms with Crippen LogP contribution in [-0.4, -0.2) is 16.5 Å². The third-order valence-corrected chi connectivity index (χ3v) is 6.32. The van der Waals surface area contributed by atoms with Gasteiger partial charge < -0.3 is 9.88 Å². The van der Waals surface area contributed by atoms with Crippen LogP contribution in [0, 0.1) is 18.6 Å². The van der Waals surface area contributed by atoms with Gasteiger partial charge in [-0.25, -0.2) is 13.8 Å². The number of halogens is 2. The van der Waals surface area contributed by atoms with Gasteiger partial charge in [-0.2, -0.15) is 0 Å². The molecule has 0 unspecified atom stereocenters. The Bertz CT molecular complexity index is 1160. The highest BCUT2D eigenvalue weighted by molar-refractivity contribution is 7.15. The minimum Gasteiger partial charge on any atom is -0.358 e. The third kappa shape index (κ3) is 3.23. The van der Waals surface area contributed by atoms with Gasteiger partial charge in [-0.3, -0.25) is 0 Å². The van der Waals surface area contributed by atoms with Crippen LogP contribution in [0.1, 0.15) is 16.1 Å². The normalized spacial score (nSPS) is 13.6. The molecule has 0 aliphatic carbocycles. The molecule has 0 spiro atoms. The average molecular weight is 407 g/mol. The van der Waals surface area contributed by atoms with Crippen LogP contribution in [0.5, 0.6) is 0 Å². The second-order valence-electron chi connectivity index (χ2n) is 7.22. The van der Waals surface area contributed by atoms with Crippen molar-refractivity contribution >= 4 is 17.2 Å². The van der Waals surface area contributed by atoms with E-state index in [1.165, 1.54) is 23.1 Å². The number of aromatic nitrogens is 2. The molecule has 146 valence electrons. The SMILES string of the molecule is Cc1sc(-c2ccccc2)nc1N1CCc2[nH]c(-c3c(F)cccc3F)cc2C1. The quantitative estimate of drug-likeness (QED) is 0.455. The molecule has 0 saturated carbocycles. The van der Waals surface area contributed by atoms with E-state index >= 15 is 0 Å². The van der Waals surface area contributed by atoms with Gasteiger partial charge in [0.2, 0.25) is 0 Å². The predicted octanol–water partition coefficient (Wildman–Crippen LogP) is 5.95.